The van der Waals surface area contributed by atoms with Crippen molar-refractivity contribution in [2.45, 2.75) is 70.7 Å². The fourth-order valence-electron chi connectivity index (χ4n) is 3.58. The van der Waals surface area contributed by atoms with Gasteiger partial charge >= 0.3 is 5.97 Å². The van der Waals surface area contributed by atoms with Crippen LogP contribution in [0.2, 0.25) is 0 Å². The van der Waals surface area contributed by atoms with Gasteiger partial charge in [-0.3, -0.25) is 4.79 Å². The van der Waals surface area contributed by atoms with Gasteiger partial charge in [0.2, 0.25) is 0 Å². The van der Waals surface area contributed by atoms with Crippen LogP contribution in [-0.2, 0) is 19.0 Å². The van der Waals surface area contributed by atoms with Crippen molar-refractivity contribution in [1.82, 2.24) is 0 Å². The third-order valence-electron chi connectivity index (χ3n) is 4.97. The average molecular weight is 358 g/mol. The van der Waals surface area contributed by atoms with Crippen molar-refractivity contribution in [3.05, 3.63) is 47.0 Å². The molecule has 1 aliphatic carbocycles. The fourth-order valence-corrected chi connectivity index (χ4v) is 3.58. The third kappa shape index (κ3) is 4.74. The monoisotopic (exact) mass is 358 g/mol. The molecule has 3 rings (SSSR count). The Labute approximate surface area is 156 Å². The van der Waals surface area contributed by atoms with E-state index < -0.39 is 5.60 Å². The number of carbonyl (C=O) groups excluding carboxylic acids is 1. The van der Waals surface area contributed by atoms with E-state index in [9.17, 15) is 4.79 Å². The summed E-state index contributed by atoms with van der Waals surface area (Å²) in [4.78, 5) is 12.9. The van der Waals surface area contributed by atoms with Crippen LogP contribution in [0, 0.1) is 6.92 Å². The molecule has 1 heterocycles. The summed E-state index contributed by atoms with van der Waals surface area (Å²) in [6.07, 6.45) is 5.60. The minimum atomic E-state index is -0.499. The SMILES string of the molecule is Cc1ccc(C(C=C2CCC3(CC2)OCCO3)C(=O)OC(C)(C)C)cc1. The van der Waals surface area contributed by atoms with Gasteiger partial charge in [0, 0.05) is 12.8 Å². The Bertz CT molecular complexity index is 648. The Morgan fingerprint density at radius 1 is 1.12 bits per heavy atom. The standard InChI is InChI=1S/C22H30O4/c1-16-5-7-18(8-6-16)19(20(23)26-21(2,3)4)15-17-9-11-22(12-10-17)24-13-14-25-22/h5-8,15,19H,9-14H2,1-4H3. The molecule has 0 N–H and O–H groups in total. The van der Waals surface area contributed by atoms with Crippen LogP contribution in [0.4, 0.5) is 0 Å². The quantitative estimate of drug-likeness (QED) is 0.582. The molecule has 1 aromatic carbocycles. The number of rotatable bonds is 3. The Morgan fingerprint density at radius 2 is 1.69 bits per heavy atom. The van der Waals surface area contributed by atoms with Crippen molar-refractivity contribution < 1.29 is 19.0 Å². The highest BCUT2D eigenvalue weighted by Crippen LogP contribution is 2.39. The Hall–Kier alpha value is -1.65. The molecule has 4 heteroatoms. The Morgan fingerprint density at radius 3 is 2.23 bits per heavy atom. The van der Waals surface area contributed by atoms with Gasteiger partial charge < -0.3 is 14.2 Å². The molecule has 1 saturated heterocycles. The van der Waals surface area contributed by atoms with Crippen LogP contribution in [0.5, 0.6) is 0 Å². The van der Waals surface area contributed by atoms with Gasteiger partial charge in [-0.05, 0) is 46.1 Å². The van der Waals surface area contributed by atoms with Crippen LogP contribution in [0.15, 0.2) is 35.9 Å². The van der Waals surface area contributed by atoms with Gasteiger partial charge in [-0.25, -0.2) is 0 Å². The van der Waals surface area contributed by atoms with Gasteiger partial charge in [0.15, 0.2) is 5.79 Å². The van der Waals surface area contributed by atoms with Crippen molar-refractivity contribution in [2.75, 3.05) is 13.2 Å². The lowest BCUT2D eigenvalue weighted by Gasteiger charge is -2.33. The van der Waals surface area contributed by atoms with E-state index in [0.717, 1.165) is 31.2 Å². The first kappa shape index (κ1) is 19.1. The first-order valence-electron chi connectivity index (χ1n) is 9.53. The lowest BCUT2D eigenvalue weighted by Crippen LogP contribution is -2.33. The van der Waals surface area contributed by atoms with Crippen molar-refractivity contribution in [1.29, 1.82) is 0 Å². The maximum atomic E-state index is 12.9. The molecular formula is C22H30O4. The molecule has 0 aromatic heterocycles. The van der Waals surface area contributed by atoms with Gasteiger partial charge in [-0.15, -0.1) is 0 Å². The first-order valence-corrected chi connectivity index (χ1v) is 9.53. The molecule has 0 bridgehead atoms. The van der Waals surface area contributed by atoms with E-state index in [0.29, 0.717) is 13.2 Å². The molecule has 1 unspecified atom stereocenters. The number of hydrogen-bond donors (Lipinski definition) is 0. The smallest absolute Gasteiger partial charge is 0.317 e. The normalized spacial score (nSPS) is 20.8. The zero-order chi connectivity index (χ0) is 18.8. The maximum absolute atomic E-state index is 12.9. The highest BCUT2D eigenvalue weighted by atomic mass is 16.7. The number of allylic oxidation sites excluding steroid dienone is 1. The fraction of sp³-hybridized carbons (Fsp3) is 0.591. The van der Waals surface area contributed by atoms with Crippen molar-refractivity contribution in [3.8, 4) is 0 Å². The summed E-state index contributed by atoms with van der Waals surface area (Å²) in [6, 6.07) is 8.13. The van der Waals surface area contributed by atoms with E-state index in [1.54, 1.807) is 0 Å². The predicted octanol–water partition coefficient (Wildman–Crippen LogP) is 4.66. The van der Waals surface area contributed by atoms with E-state index in [-0.39, 0.29) is 17.7 Å². The topological polar surface area (TPSA) is 44.8 Å². The molecule has 1 spiro atoms. The Balaban J connectivity index is 1.79. The number of esters is 1. The second-order valence-electron chi connectivity index (χ2n) is 8.35. The van der Waals surface area contributed by atoms with Crippen molar-refractivity contribution >= 4 is 5.97 Å². The summed E-state index contributed by atoms with van der Waals surface area (Å²) >= 11 is 0. The third-order valence-corrected chi connectivity index (χ3v) is 4.97. The van der Waals surface area contributed by atoms with Gasteiger partial charge in [-0.2, -0.15) is 0 Å². The molecule has 2 fully saturated rings. The van der Waals surface area contributed by atoms with Gasteiger partial charge in [-0.1, -0.05) is 41.5 Å². The van der Waals surface area contributed by atoms with Crippen LogP contribution in [-0.4, -0.2) is 30.6 Å². The van der Waals surface area contributed by atoms with Gasteiger partial charge in [0.1, 0.15) is 11.5 Å². The van der Waals surface area contributed by atoms with Crippen LogP contribution >= 0.6 is 0 Å². The molecule has 0 amide bonds. The summed E-state index contributed by atoms with van der Waals surface area (Å²) < 4.78 is 17.3. The van der Waals surface area contributed by atoms with E-state index in [4.69, 9.17) is 14.2 Å². The number of aryl methyl sites for hydroxylation is 1. The summed E-state index contributed by atoms with van der Waals surface area (Å²) in [5, 5.41) is 0. The summed E-state index contributed by atoms with van der Waals surface area (Å²) in [5.41, 5.74) is 2.94. The summed E-state index contributed by atoms with van der Waals surface area (Å²) in [7, 11) is 0. The van der Waals surface area contributed by atoms with Crippen LogP contribution in [0.1, 0.15) is 63.5 Å². The largest absolute Gasteiger partial charge is 0.459 e. The summed E-state index contributed by atoms with van der Waals surface area (Å²) in [6.45, 7) is 9.13. The lowest BCUT2D eigenvalue weighted by molar-refractivity contribution is -0.171. The van der Waals surface area contributed by atoms with E-state index in [1.165, 1.54) is 11.1 Å². The molecular weight excluding hydrogens is 328 g/mol. The van der Waals surface area contributed by atoms with Crippen molar-refractivity contribution in [2.24, 2.45) is 0 Å². The van der Waals surface area contributed by atoms with E-state index >= 15 is 0 Å². The number of ether oxygens (including phenoxy) is 3. The first-order chi connectivity index (χ1) is 12.3. The molecule has 1 aromatic rings. The molecule has 142 valence electrons. The number of benzene rings is 1. The highest BCUT2D eigenvalue weighted by Gasteiger charge is 2.39. The van der Waals surface area contributed by atoms with Crippen LogP contribution < -0.4 is 0 Å². The van der Waals surface area contributed by atoms with Gasteiger partial charge in [0.05, 0.1) is 13.2 Å². The van der Waals surface area contributed by atoms with Gasteiger partial charge in [0.25, 0.3) is 0 Å². The number of hydrogen-bond acceptors (Lipinski definition) is 4. The predicted molar refractivity (Wildman–Crippen MR) is 101 cm³/mol. The van der Waals surface area contributed by atoms with Crippen molar-refractivity contribution in [3.63, 3.8) is 0 Å². The Kier molecular flexibility index (Phi) is 5.54. The zero-order valence-electron chi connectivity index (χ0n) is 16.3. The zero-order valence-corrected chi connectivity index (χ0v) is 16.3. The second kappa shape index (κ2) is 7.53. The number of carbonyl (C=O) groups is 1. The van der Waals surface area contributed by atoms with Crippen LogP contribution in [0.3, 0.4) is 0 Å². The molecule has 0 radical (unpaired) electrons. The molecule has 2 aliphatic rings. The van der Waals surface area contributed by atoms with E-state index in [1.807, 2.05) is 52.0 Å². The molecule has 1 saturated carbocycles. The molecule has 1 aliphatic heterocycles. The highest BCUT2D eigenvalue weighted by molar-refractivity contribution is 5.81. The molecule has 4 nitrogen and oxygen atoms in total. The van der Waals surface area contributed by atoms with Crippen LogP contribution in [0.25, 0.3) is 0 Å². The average Bonchev–Trinajstić information content (AvgIpc) is 3.02. The minimum Gasteiger partial charge on any atom is -0.459 e. The minimum absolute atomic E-state index is 0.192. The second-order valence-corrected chi connectivity index (χ2v) is 8.35. The maximum Gasteiger partial charge on any atom is 0.317 e. The lowest BCUT2D eigenvalue weighted by atomic mass is 9.86. The summed E-state index contributed by atoms with van der Waals surface area (Å²) in [5.74, 6) is -0.949. The van der Waals surface area contributed by atoms with E-state index in [2.05, 4.69) is 6.08 Å². The molecule has 1 atom stereocenters. The molecule has 26 heavy (non-hydrogen) atoms.